The maximum absolute atomic E-state index is 4.90. The van der Waals surface area contributed by atoms with E-state index in [1.807, 2.05) is 19.0 Å². The summed E-state index contributed by atoms with van der Waals surface area (Å²) in [6.45, 7) is 1.70. The van der Waals surface area contributed by atoms with Gasteiger partial charge >= 0.3 is 0 Å². The van der Waals surface area contributed by atoms with Crippen molar-refractivity contribution in [3.63, 3.8) is 0 Å². The summed E-state index contributed by atoms with van der Waals surface area (Å²) < 4.78 is 5.12. The van der Waals surface area contributed by atoms with Crippen LogP contribution in [-0.4, -0.2) is 43.2 Å². The fraction of sp³-hybridized carbons (Fsp3) is 0.833. The lowest BCUT2D eigenvalue weighted by molar-refractivity contribution is 0.178. The van der Waals surface area contributed by atoms with Crippen LogP contribution in [0.5, 0.6) is 0 Å². The molecule has 0 aliphatic rings. The molecule has 74 valence electrons. The third kappa shape index (κ3) is 22.5. The first-order chi connectivity index (χ1) is 5.54. The highest BCUT2D eigenvalue weighted by Crippen LogP contribution is 1.86. The first kappa shape index (κ1) is 14.6. The molecule has 0 saturated heterocycles. The van der Waals surface area contributed by atoms with Gasteiger partial charge in [0.2, 0.25) is 4.38 Å². The van der Waals surface area contributed by atoms with Crippen LogP contribution in [0.4, 0.5) is 0 Å². The minimum atomic E-state index is 0.290. The summed E-state index contributed by atoms with van der Waals surface area (Å²) in [6, 6.07) is 0. The van der Waals surface area contributed by atoms with Crippen molar-refractivity contribution in [2.75, 3.05) is 33.9 Å². The zero-order chi connectivity index (χ0) is 9.98. The summed E-state index contributed by atoms with van der Waals surface area (Å²) in [5.74, 6) is 0. The monoisotopic (exact) mass is 211 g/mol. The van der Waals surface area contributed by atoms with Gasteiger partial charge in [-0.3, -0.25) is 4.90 Å². The van der Waals surface area contributed by atoms with Gasteiger partial charge in [0.1, 0.15) is 6.73 Å². The molecule has 0 radical (unpaired) electrons. The van der Waals surface area contributed by atoms with Gasteiger partial charge < -0.3 is 16.2 Å². The second-order valence-corrected chi connectivity index (χ2v) is 3.28. The summed E-state index contributed by atoms with van der Waals surface area (Å²) >= 11 is 8.28. The molecule has 0 aliphatic carbocycles. The standard InChI is InChI=1S/C4H9NOS2.C2H8N2/c1-5(2)3-6-4(7)8;3-1-2-4/h3H2,1-2H3,(H,7,8);1-4H2. The van der Waals surface area contributed by atoms with E-state index in [0.717, 1.165) is 0 Å². The van der Waals surface area contributed by atoms with E-state index in [0.29, 0.717) is 24.2 Å². The Morgan fingerprint density at radius 3 is 1.92 bits per heavy atom. The van der Waals surface area contributed by atoms with Crippen LogP contribution >= 0.6 is 24.8 Å². The van der Waals surface area contributed by atoms with Gasteiger partial charge in [0.15, 0.2) is 0 Å². The zero-order valence-electron chi connectivity index (χ0n) is 7.49. The Morgan fingerprint density at radius 2 is 1.83 bits per heavy atom. The fourth-order valence-corrected chi connectivity index (χ4v) is 0.295. The third-order valence-electron chi connectivity index (χ3n) is 0.613. The molecule has 0 rings (SSSR count). The van der Waals surface area contributed by atoms with Crippen LogP contribution in [-0.2, 0) is 4.74 Å². The van der Waals surface area contributed by atoms with E-state index in [9.17, 15) is 0 Å². The minimum absolute atomic E-state index is 0.290. The van der Waals surface area contributed by atoms with Crippen LogP contribution in [0.25, 0.3) is 0 Å². The largest absolute Gasteiger partial charge is 0.463 e. The normalized spacial score (nSPS) is 8.83. The number of rotatable bonds is 3. The molecule has 0 atom stereocenters. The Balaban J connectivity index is 0. The molecule has 0 amide bonds. The molecular formula is C6H17N3OS2. The molecule has 6 heteroatoms. The predicted octanol–water partition coefficient (Wildman–Crippen LogP) is -0.359. The fourth-order valence-electron chi connectivity index (χ4n) is 0.184. The van der Waals surface area contributed by atoms with Crippen molar-refractivity contribution < 1.29 is 4.74 Å². The maximum Gasteiger partial charge on any atom is 0.218 e. The van der Waals surface area contributed by atoms with Crippen LogP contribution in [0.15, 0.2) is 0 Å². The Kier molecular flexibility index (Phi) is 13.6. The number of hydrogen-bond donors (Lipinski definition) is 3. The number of hydrogen-bond acceptors (Lipinski definition) is 5. The average Bonchev–Trinajstić information content (AvgIpc) is 2.01. The Bertz CT molecular complexity index is 109. The van der Waals surface area contributed by atoms with Crippen molar-refractivity contribution in [3.8, 4) is 0 Å². The van der Waals surface area contributed by atoms with Crippen molar-refractivity contribution >= 4 is 29.2 Å². The van der Waals surface area contributed by atoms with Gasteiger partial charge in [-0.2, -0.15) is 0 Å². The van der Waals surface area contributed by atoms with E-state index in [1.54, 1.807) is 0 Å². The summed E-state index contributed by atoms with van der Waals surface area (Å²) in [5, 5.41) is 0. The summed E-state index contributed by atoms with van der Waals surface area (Å²) in [6.07, 6.45) is 0. The number of nitrogens with two attached hydrogens (primary N) is 2. The molecule has 0 fully saturated rings. The van der Waals surface area contributed by atoms with E-state index < -0.39 is 0 Å². The van der Waals surface area contributed by atoms with Gasteiger partial charge in [-0.05, 0) is 26.3 Å². The summed E-state index contributed by atoms with van der Waals surface area (Å²) in [4.78, 5) is 1.86. The smallest absolute Gasteiger partial charge is 0.218 e. The number of thiocarbonyl (C=S) groups is 1. The number of nitrogens with zero attached hydrogens (tertiary/aromatic N) is 1. The molecule has 0 spiro atoms. The minimum Gasteiger partial charge on any atom is -0.463 e. The highest BCUT2D eigenvalue weighted by atomic mass is 32.1. The van der Waals surface area contributed by atoms with E-state index in [-0.39, 0.29) is 0 Å². The molecule has 0 bridgehead atoms. The Morgan fingerprint density at radius 1 is 1.42 bits per heavy atom. The van der Waals surface area contributed by atoms with Crippen LogP contribution in [0, 0.1) is 0 Å². The molecule has 4 nitrogen and oxygen atoms in total. The predicted molar refractivity (Wildman–Crippen MR) is 59.3 cm³/mol. The van der Waals surface area contributed by atoms with Gasteiger partial charge in [0.25, 0.3) is 0 Å². The van der Waals surface area contributed by atoms with Gasteiger partial charge in [0, 0.05) is 13.1 Å². The van der Waals surface area contributed by atoms with Crippen molar-refractivity contribution in [1.82, 2.24) is 4.90 Å². The molecule has 0 aliphatic heterocycles. The van der Waals surface area contributed by atoms with Gasteiger partial charge in [-0.15, -0.1) is 0 Å². The first-order valence-corrected chi connectivity index (χ1v) is 4.30. The SMILES string of the molecule is CN(C)COC(=S)S.NCCN. The topological polar surface area (TPSA) is 64.5 Å². The Hall–Kier alpha value is 0.120. The average molecular weight is 211 g/mol. The van der Waals surface area contributed by atoms with Gasteiger partial charge in [-0.25, -0.2) is 0 Å². The van der Waals surface area contributed by atoms with Crippen molar-refractivity contribution in [1.29, 1.82) is 0 Å². The molecule has 0 aromatic rings. The number of ether oxygens (including phenoxy) is 1. The molecule has 12 heavy (non-hydrogen) atoms. The maximum atomic E-state index is 4.90. The van der Waals surface area contributed by atoms with Gasteiger partial charge in [-0.1, -0.05) is 12.6 Å². The Labute approximate surface area is 84.6 Å². The molecule has 0 saturated carbocycles. The molecule has 0 aromatic heterocycles. The third-order valence-corrected chi connectivity index (χ3v) is 0.860. The van der Waals surface area contributed by atoms with E-state index >= 15 is 0 Å². The van der Waals surface area contributed by atoms with Crippen LogP contribution in [0.1, 0.15) is 0 Å². The van der Waals surface area contributed by atoms with Gasteiger partial charge in [0.05, 0.1) is 0 Å². The molecule has 0 heterocycles. The summed E-state index contributed by atoms with van der Waals surface area (Å²) in [7, 11) is 3.79. The quantitative estimate of drug-likeness (QED) is 0.338. The second kappa shape index (κ2) is 11.1. The second-order valence-electron chi connectivity index (χ2n) is 2.20. The number of thiol groups is 1. The zero-order valence-corrected chi connectivity index (χ0v) is 9.20. The van der Waals surface area contributed by atoms with Crippen molar-refractivity contribution in [3.05, 3.63) is 0 Å². The summed E-state index contributed by atoms with van der Waals surface area (Å²) in [5.41, 5.74) is 9.81. The van der Waals surface area contributed by atoms with Crippen LogP contribution in [0.3, 0.4) is 0 Å². The van der Waals surface area contributed by atoms with Crippen LogP contribution in [0.2, 0.25) is 0 Å². The highest BCUT2D eigenvalue weighted by Gasteiger charge is 1.88. The van der Waals surface area contributed by atoms with E-state index in [4.69, 9.17) is 16.2 Å². The molecular weight excluding hydrogens is 194 g/mol. The lowest BCUT2D eigenvalue weighted by Crippen LogP contribution is -2.16. The first-order valence-electron chi connectivity index (χ1n) is 3.45. The van der Waals surface area contributed by atoms with E-state index in [2.05, 4.69) is 24.8 Å². The molecule has 0 unspecified atom stereocenters. The van der Waals surface area contributed by atoms with Crippen molar-refractivity contribution in [2.24, 2.45) is 11.5 Å². The lowest BCUT2D eigenvalue weighted by atomic mass is 10.7. The highest BCUT2D eigenvalue weighted by molar-refractivity contribution is 8.10. The van der Waals surface area contributed by atoms with Crippen molar-refractivity contribution in [2.45, 2.75) is 0 Å². The van der Waals surface area contributed by atoms with Crippen LogP contribution < -0.4 is 11.5 Å². The molecule has 4 N–H and O–H groups in total. The van der Waals surface area contributed by atoms with E-state index in [1.165, 1.54) is 0 Å². The lowest BCUT2D eigenvalue weighted by Gasteiger charge is -2.08. The molecule has 0 aromatic carbocycles.